The number of ether oxygens (including phenoxy) is 2. The van der Waals surface area contributed by atoms with E-state index >= 15 is 0 Å². The standard InChI is InChI=1S/C31H38ClFN6O3/c32-25-19-23(8-9-26(25)33)36-31-24-20-28(37-30(40)7-2-5-12-38-10-3-1-4-11-38)29(21-27(24)34-22-35-31)42-16-6-13-39-14-17-41-18-15-39/h2,7-9,19-22H,1,3-6,10-18H2,(H,37,40)(H,34,35,36). The van der Waals surface area contributed by atoms with E-state index in [2.05, 4.69) is 30.4 Å². The lowest BCUT2D eigenvalue weighted by molar-refractivity contribution is -0.111. The summed E-state index contributed by atoms with van der Waals surface area (Å²) in [5.74, 6) is 0.296. The first-order valence-electron chi connectivity index (χ1n) is 14.7. The van der Waals surface area contributed by atoms with Crippen LogP contribution in [0, 0.1) is 5.82 Å². The van der Waals surface area contributed by atoms with Crippen LogP contribution in [0.15, 0.2) is 48.8 Å². The topological polar surface area (TPSA) is 91.9 Å². The molecule has 5 rings (SSSR count). The Morgan fingerprint density at radius 1 is 1.05 bits per heavy atom. The molecule has 0 bridgehead atoms. The number of amides is 1. The van der Waals surface area contributed by atoms with E-state index in [-0.39, 0.29) is 10.9 Å². The van der Waals surface area contributed by atoms with Gasteiger partial charge in [-0.3, -0.25) is 9.69 Å². The number of likely N-dealkylation sites (tertiary alicyclic amines) is 1. The smallest absolute Gasteiger partial charge is 0.248 e. The van der Waals surface area contributed by atoms with Crippen LogP contribution in [0.2, 0.25) is 5.02 Å². The minimum absolute atomic E-state index is 0.00570. The van der Waals surface area contributed by atoms with E-state index in [0.29, 0.717) is 40.5 Å². The van der Waals surface area contributed by atoms with Gasteiger partial charge in [-0.2, -0.15) is 0 Å². The van der Waals surface area contributed by atoms with Crippen molar-refractivity contribution in [2.24, 2.45) is 0 Å². The van der Waals surface area contributed by atoms with Gasteiger partial charge in [0.2, 0.25) is 5.91 Å². The van der Waals surface area contributed by atoms with Gasteiger partial charge in [-0.1, -0.05) is 24.1 Å². The molecule has 1 amide bonds. The Morgan fingerprint density at radius 2 is 1.86 bits per heavy atom. The molecule has 0 radical (unpaired) electrons. The molecule has 11 heteroatoms. The van der Waals surface area contributed by atoms with Gasteiger partial charge in [0.1, 0.15) is 23.7 Å². The van der Waals surface area contributed by atoms with Gasteiger partial charge < -0.3 is 25.0 Å². The van der Waals surface area contributed by atoms with E-state index in [1.54, 1.807) is 18.2 Å². The first-order chi connectivity index (χ1) is 20.5. The number of benzene rings is 2. The Bertz CT molecular complexity index is 1380. The Morgan fingerprint density at radius 3 is 2.67 bits per heavy atom. The van der Waals surface area contributed by atoms with E-state index < -0.39 is 5.82 Å². The summed E-state index contributed by atoms with van der Waals surface area (Å²) in [6.07, 6.45) is 10.4. The lowest BCUT2D eigenvalue weighted by Gasteiger charge is -2.26. The third-order valence-electron chi connectivity index (χ3n) is 7.49. The SMILES string of the molecule is O=C(C=CCCN1CCCCC1)Nc1cc2c(Nc3ccc(F)c(Cl)c3)ncnc2cc1OCCCN1CCOCC1. The van der Waals surface area contributed by atoms with Crippen molar-refractivity contribution in [2.75, 3.05) is 69.7 Å². The number of hydrogen-bond donors (Lipinski definition) is 2. The van der Waals surface area contributed by atoms with Gasteiger partial charge in [-0.15, -0.1) is 0 Å². The van der Waals surface area contributed by atoms with Crippen LogP contribution >= 0.6 is 11.6 Å². The van der Waals surface area contributed by atoms with Crippen molar-refractivity contribution in [3.63, 3.8) is 0 Å². The second-order valence-corrected chi connectivity index (χ2v) is 11.0. The number of hydrogen-bond acceptors (Lipinski definition) is 8. The second kappa shape index (κ2) is 15.2. The molecule has 0 spiro atoms. The molecule has 0 saturated carbocycles. The van der Waals surface area contributed by atoms with Crippen molar-refractivity contribution in [1.82, 2.24) is 19.8 Å². The molecule has 9 nitrogen and oxygen atoms in total. The lowest BCUT2D eigenvalue weighted by Crippen LogP contribution is -2.37. The normalized spacial score (nSPS) is 16.6. The molecular formula is C31H38ClFN6O3. The number of carbonyl (C=O) groups is 1. The summed E-state index contributed by atoms with van der Waals surface area (Å²) in [7, 11) is 0. The minimum atomic E-state index is -0.501. The molecule has 42 heavy (non-hydrogen) atoms. The maximum Gasteiger partial charge on any atom is 0.248 e. The zero-order chi connectivity index (χ0) is 29.1. The first kappa shape index (κ1) is 30.2. The molecule has 2 aliphatic heterocycles. The number of nitrogens with one attached hydrogen (secondary N) is 2. The monoisotopic (exact) mass is 596 g/mol. The number of halogens is 2. The molecule has 224 valence electrons. The maximum absolute atomic E-state index is 13.7. The molecule has 2 fully saturated rings. The van der Waals surface area contributed by atoms with Gasteiger partial charge in [-0.05, 0) is 69.1 Å². The highest BCUT2D eigenvalue weighted by Crippen LogP contribution is 2.34. The van der Waals surface area contributed by atoms with Crippen LogP contribution < -0.4 is 15.4 Å². The summed E-state index contributed by atoms with van der Waals surface area (Å²) in [6, 6.07) is 7.98. The molecule has 2 saturated heterocycles. The van der Waals surface area contributed by atoms with E-state index in [4.69, 9.17) is 21.1 Å². The predicted octanol–water partition coefficient (Wildman–Crippen LogP) is 5.64. The highest BCUT2D eigenvalue weighted by atomic mass is 35.5. The van der Waals surface area contributed by atoms with Gasteiger partial charge in [0, 0.05) is 43.3 Å². The molecule has 0 atom stereocenters. The van der Waals surface area contributed by atoms with E-state index in [1.807, 2.05) is 12.1 Å². The molecule has 0 unspecified atom stereocenters. The van der Waals surface area contributed by atoms with Gasteiger partial charge in [-0.25, -0.2) is 14.4 Å². The van der Waals surface area contributed by atoms with Crippen LogP contribution in [0.1, 0.15) is 32.1 Å². The number of fused-ring (bicyclic) bond motifs is 1. The third-order valence-corrected chi connectivity index (χ3v) is 7.78. The number of piperidine rings is 1. The Balaban J connectivity index is 1.31. The molecular weight excluding hydrogens is 559 g/mol. The molecule has 3 aromatic rings. The maximum atomic E-state index is 13.7. The summed E-state index contributed by atoms with van der Waals surface area (Å²) in [5, 5.41) is 6.86. The van der Waals surface area contributed by atoms with Crippen LogP contribution in [0.25, 0.3) is 10.9 Å². The summed E-state index contributed by atoms with van der Waals surface area (Å²) < 4.78 is 25.3. The van der Waals surface area contributed by atoms with Gasteiger partial charge in [0.25, 0.3) is 0 Å². The van der Waals surface area contributed by atoms with Crippen molar-refractivity contribution in [3.05, 3.63) is 59.7 Å². The highest BCUT2D eigenvalue weighted by molar-refractivity contribution is 6.31. The van der Waals surface area contributed by atoms with Gasteiger partial charge >= 0.3 is 0 Å². The van der Waals surface area contributed by atoms with Crippen molar-refractivity contribution >= 4 is 45.6 Å². The predicted molar refractivity (Wildman–Crippen MR) is 164 cm³/mol. The van der Waals surface area contributed by atoms with Crippen molar-refractivity contribution < 1.29 is 18.7 Å². The Labute approximate surface area is 251 Å². The van der Waals surface area contributed by atoms with E-state index in [0.717, 1.165) is 65.3 Å². The summed E-state index contributed by atoms with van der Waals surface area (Å²) >= 11 is 5.98. The summed E-state index contributed by atoms with van der Waals surface area (Å²) in [4.78, 5) is 26.6. The first-order valence-corrected chi connectivity index (χ1v) is 15.1. The van der Waals surface area contributed by atoms with Gasteiger partial charge in [0.05, 0.1) is 36.0 Å². The quantitative estimate of drug-likeness (QED) is 0.205. The number of anilines is 3. The van der Waals surface area contributed by atoms with Crippen LogP contribution in [0.5, 0.6) is 5.75 Å². The third kappa shape index (κ3) is 8.61. The van der Waals surface area contributed by atoms with Crippen molar-refractivity contribution in [3.8, 4) is 5.75 Å². The van der Waals surface area contributed by atoms with Crippen LogP contribution in [-0.2, 0) is 9.53 Å². The number of nitrogens with zero attached hydrogens (tertiary/aromatic N) is 4. The molecule has 2 aliphatic rings. The zero-order valence-electron chi connectivity index (χ0n) is 23.8. The fourth-order valence-corrected chi connectivity index (χ4v) is 5.39. The largest absolute Gasteiger partial charge is 0.491 e. The number of aromatic nitrogens is 2. The molecule has 3 heterocycles. The lowest BCUT2D eigenvalue weighted by atomic mass is 10.1. The second-order valence-electron chi connectivity index (χ2n) is 10.6. The Hall–Kier alpha value is -3.31. The minimum Gasteiger partial charge on any atom is -0.491 e. The van der Waals surface area contributed by atoms with Crippen LogP contribution in [-0.4, -0.2) is 84.8 Å². The Kier molecular flexibility index (Phi) is 10.9. The number of rotatable bonds is 12. The van der Waals surface area contributed by atoms with Crippen LogP contribution in [0.4, 0.5) is 21.6 Å². The van der Waals surface area contributed by atoms with Gasteiger partial charge in [0.15, 0.2) is 0 Å². The van der Waals surface area contributed by atoms with Crippen molar-refractivity contribution in [2.45, 2.75) is 32.1 Å². The van der Waals surface area contributed by atoms with Crippen LogP contribution in [0.3, 0.4) is 0 Å². The average Bonchev–Trinajstić information content (AvgIpc) is 3.01. The number of morpholine rings is 1. The van der Waals surface area contributed by atoms with Crippen molar-refractivity contribution in [1.29, 1.82) is 0 Å². The average molecular weight is 597 g/mol. The molecule has 1 aromatic heterocycles. The fraction of sp³-hybridized carbons (Fsp3) is 0.452. The number of carbonyl (C=O) groups excluding carboxylic acids is 1. The highest BCUT2D eigenvalue weighted by Gasteiger charge is 2.15. The fourth-order valence-electron chi connectivity index (χ4n) is 5.21. The molecule has 0 aliphatic carbocycles. The van der Waals surface area contributed by atoms with E-state index in [9.17, 15) is 9.18 Å². The molecule has 2 aromatic carbocycles. The zero-order valence-corrected chi connectivity index (χ0v) is 24.5. The summed E-state index contributed by atoms with van der Waals surface area (Å²) in [6.45, 7) is 7.98. The summed E-state index contributed by atoms with van der Waals surface area (Å²) in [5.41, 5.74) is 1.74. The van der Waals surface area contributed by atoms with E-state index in [1.165, 1.54) is 37.7 Å². The molecule has 2 N–H and O–H groups in total.